The summed E-state index contributed by atoms with van der Waals surface area (Å²) < 4.78 is 4.56. The van der Waals surface area contributed by atoms with E-state index in [0.29, 0.717) is 11.4 Å². The van der Waals surface area contributed by atoms with Crippen LogP contribution in [0.1, 0.15) is 47.9 Å². The lowest BCUT2D eigenvalue weighted by molar-refractivity contribution is -0.152. The van der Waals surface area contributed by atoms with Gasteiger partial charge in [-0.2, -0.15) is 5.21 Å². The van der Waals surface area contributed by atoms with Gasteiger partial charge in [-0.3, -0.25) is 19.7 Å². The maximum Gasteiger partial charge on any atom is 0.322 e. The first-order chi connectivity index (χ1) is 17.3. The number of hydrogen-bond acceptors (Lipinski definition) is 9. The minimum Gasteiger partial charge on any atom is -0.459 e. The number of furan rings is 1. The monoisotopic (exact) mass is 510 g/mol. The standard InChI is InChI=1S/C22H22N8O5S/c1-22(2)15(16-26-28-29-27-16)30-19(33)14(20(30)36-22)23-18(32)13(11-7-4-3-5-8-11)24-21(34)25-17(31)12-9-6-10-35-12/h3-10,13-15,20H,1-2H3,(H,23,32)(H2,24,25,31,34)(H,26,27,28,29)/t13-,14?,15?,20-/m1/s1. The van der Waals surface area contributed by atoms with E-state index in [2.05, 4.69) is 36.6 Å². The van der Waals surface area contributed by atoms with Gasteiger partial charge in [0.1, 0.15) is 23.5 Å². The van der Waals surface area contributed by atoms with E-state index >= 15 is 0 Å². The summed E-state index contributed by atoms with van der Waals surface area (Å²) in [5.41, 5.74) is 0.475. The second-order valence-corrected chi connectivity index (χ2v) is 10.5. The SMILES string of the molecule is CC1(C)S[C@@H]2C(NC(=O)[C@H](NC(=O)NC(=O)c3ccco3)c3ccccc3)C(=O)N2C1c1nn[nH]n1. The van der Waals surface area contributed by atoms with E-state index in [0.717, 1.165) is 0 Å². The molecule has 13 nitrogen and oxygen atoms in total. The van der Waals surface area contributed by atoms with Crippen molar-refractivity contribution in [3.05, 3.63) is 65.9 Å². The summed E-state index contributed by atoms with van der Waals surface area (Å²) in [6, 6.07) is 8.16. The summed E-state index contributed by atoms with van der Waals surface area (Å²) in [6.45, 7) is 3.94. The number of benzene rings is 1. The molecule has 186 valence electrons. The van der Waals surface area contributed by atoms with Gasteiger partial charge in [-0.15, -0.1) is 22.0 Å². The van der Waals surface area contributed by atoms with Crippen LogP contribution in [0.5, 0.6) is 0 Å². The fourth-order valence-electron chi connectivity index (χ4n) is 4.37. The number of thioether (sulfide) groups is 1. The van der Waals surface area contributed by atoms with Crippen LogP contribution in [0.4, 0.5) is 4.79 Å². The minimum atomic E-state index is -1.16. The Morgan fingerprint density at radius 3 is 2.61 bits per heavy atom. The van der Waals surface area contributed by atoms with Crippen molar-refractivity contribution in [1.82, 2.24) is 41.5 Å². The van der Waals surface area contributed by atoms with Crippen molar-refractivity contribution in [1.29, 1.82) is 0 Å². The molecule has 0 radical (unpaired) electrons. The first-order valence-corrected chi connectivity index (χ1v) is 11.9. The smallest absolute Gasteiger partial charge is 0.322 e. The molecule has 3 aromatic rings. The molecule has 1 aromatic carbocycles. The number of carbonyl (C=O) groups is 4. The molecule has 2 aliphatic rings. The van der Waals surface area contributed by atoms with Crippen LogP contribution < -0.4 is 16.0 Å². The summed E-state index contributed by atoms with van der Waals surface area (Å²) in [5, 5.41) is 21.2. The molecule has 2 aliphatic heterocycles. The van der Waals surface area contributed by atoms with E-state index in [1.807, 2.05) is 13.8 Å². The quantitative estimate of drug-likeness (QED) is 0.351. The summed E-state index contributed by atoms with van der Waals surface area (Å²) in [6.07, 6.45) is 1.30. The van der Waals surface area contributed by atoms with Gasteiger partial charge in [0.25, 0.3) is 5.91 Å². The largest absolute Gasteiger partial charge is 0.459 e. The van der Waals surface area contributed by atoms with E-state index in [4.69, 9.17) is 4.42 Å². The summed E-state index contributed by atoms with van der Waals surface area (Å²) >= 11 is 1.52. The Morgan fingerprint density at radius 1 is 1.17 bits per heavy atom. The summed E-state index contributed by atoms with van der Waals surface area (Å²) in [4.78, 5) is 52.8. The molecule has 4 atom stereocenters. The van der Waals surface area contributed by atoms with Gasteiger partial charge in [0.05, 0.1) is 6.26 Å². The normalized spacial score (nSPS) is 22.8. The highest BCUT2D eigenvalue weighted by atomic mass is 32.2. The lowest BCUT2D eigenvalue weighted by Crippen LogP contribution is -2.68. The summed E-state index contributed by atoms with van der Waals surface area (Å²) in [5.74, 6) is -1.30. The number of H-pyrrole nitrogens is 1. The van der Waals surface area contributed by atoms with Crippen molar-refractivity contribution in [2.75, 3.05) is 0 Å². The average molecular weight is 511 g/mol. The van der Waals surface area contributed by atoms with Crippen LogP contribution in [0.15, 0.2) is 53.1 Å². The zero-order chi connectivity index (χ0) is 25.4. The molecule has 0 spiro atoms. The number of imide groups is 1. The first-order valence-electron chi connectivity index (χ1n) is 11.0. The number of hydrogen-bond donors (Lipinski definition) is 4. The van der Waals surface area contributed by atoms with Crippen molar-refractivity contribution in [3.63, 3.8) is 0 Å². The number of tetrazole rings is 1. The molecule has 4 heterocycles. The zero-order valence-electron chi connectivity index (χ0n) is 19.2. The maximum absolute atomic E-state index is 13.3. The lowest BCUT2D eigenvalue weighted by atomic mass is 9.95. The molecular weight excluding hydrogens is 488 g/mol. The fourth-order valence-corrected chi connectivity index (χ4v) is 6.00. The molecule has 2 fully saturated rings. The van der Waals surface area contributed by atoms with Crippen molar-refractivity contribution >= 4 is 35.5 Å². The van der Waals surface area contributed by atoms with E-state index in [1.165, 1.54) is 30.2 Å². The highest BCUT2D eigenvalue weighted by molar-refractivity contribution is 8.01. The third-order valence-electron chi connectivity index (χ3n) is 5.99. The Hall–Kier alpha value is -4.20. The van der Waals surface area contributed by atoms with Gasteiger partial charge in [0.2, 0.25) is 11.8 Å². The molecule has 2 aromatic heterocycles. The lowest BCUT2D eigenvalue weighted by Gasteiger charge is -2.44. The maximum atomic E-state index is 13.3. The van der Waals surface area contributed by atoms with Crippen LogP contribution >= 0.6 is 11.8 Å². The van der Waals surface area contributed by atoms with Gasteiger partial charge >= 0.3 is 6.03 Å². The van der Waals surface area contributed by atoms with Crippen LogP contribution in [-0.2, 0) is 9.59 Å². The Kier molecular flexibility index (Phi) is 5.96. The first kappa shape index (κ1) is 23.5. The molecule has 14 heteroatoms. The highest BCUT2D eigenvalue weighted by Crippen LogP contribution is 2.56. The Labute approximate surface area is 208 Å². The van der Waals surface area contributed by atoms with Gasteiger partial charge in [-0.05, 0) is 31.5 Å². The van der Waals surface area contributed by atoms with E-state index in [-0.39, 0.29) is 17.0 Å². The Balaban J connectivity index is 1.30. The number of carbonyl (C=O) groups excluding carboxylic acids is 4. The Morgan fingerprint density at radius 2 is 1.94 bits per heavy atom. The number of urea groups is 1. The van der Waals surface area contributed by atoms with E-state index in [9.17, 15) is 19.2 Å². The van der Waals surface area contributed by atoms with Crippen molar-refractivity contribution in [2.24, 2.45) is 0 Å². The van der Waals surface area contributed by atoms with Gasteiger partial charge in [0, 0.05) is 4.75 Å². The van der Waals surface area contributed by atoms with E-state index in [1.54, 1.807) is 35.2 Å². The number of fused-ring (bicyclic) bond motifs is 1. The molecule has 0 bridgehead atoms. The van der Waals surface area contributed by atoms with Crippen LogP contribution in [0.2, 0.25) is 0 Å². The number of aromatic nitrogens is 4. The topological polar surface area (TPSA) is 175 Å². The number of amides is 5. The molecule has 0 saturated carbocycles. The number of nitrogens with zero attached hydrogens (tertiary/aromatic N) is 4. The van der Waals surface area contributed by atoms with Crippen LogP contribution in [0.25, 0.3) is 0 Å². The van der Waals surface area contributed by atoms with Crippen LogP contribution in [0.3, 0.4) is 0 Å². The van der Waals surface area contributed by atoms with Crippen molar-refractivity contribution in [3.8, 4) is 0 Å². The van der Waals surface area contributed by atoms with Crippen molar-refractivity contribution < 1.29 is 23.6 Å². The van der Waals surface area contributed by atoms with E-state index < -0.39 is 40.7 Å². The third kappa shape index (κ3) is 4.19. The van der Waals surface area contributed by atoms with Crippen LogP contribution in [0, 0.1) is 0 Å². The molecule has 4 N–H and O–H groups in total. The van der Waals surface area contributed by atoms with Gasteiger partial charge in [-0.1, -0.05) is 35.5 Å². The second-order valence-electron chi connectivity index (χ2n) is 8.76. The van der Waals surface area contributed by atoms with Gasteiger partial charge in [-0.25, -0.2) is 4.79 Å². The minimum absolute atomic E-state index is 0.0527. The third-order valence-corrected chi connectivity index (χ3v) is 7.56. The number of rotatable bonds is 6. The predicted octanol–water partition coefficient (Wildman–Crippen LogP) is 0.893. The van der Waals surface area contributed by atoms with Gasteiger partial charge < -0.3 is 20.0 Å². The Bertz CT molecular complexity index is 1280. The van der Waals surface area contributed by atoms with Crippen molar-refractivity contribution in [2.45, 2.75) is 42.1 Å². The average Bonchev–Trinajstić information content (AvgIpc) is 3.61. The molecular formula is C22H22N8O5S. The number of β-lactam (4-membered cyclic amide) rings is 1. The molecule has 36 heavy (non-hydrogen) atoms. The zero-order valence-corrected chi connectivity index (χ0v) is 20.0. The molecule has 2 unspecified atom stereocenters. The molecule has 5 rings (SSSR count). The fraction of sp³-hybridized carbons (Fsp3) is 0.318. The molecule has 5 amide bonds. The number of aromatic amines is 1. The molecule has 2 saturated heterocycles. The van der Waals surface area contributed by atoms with Gasteiger partial charge in [0.15, 0.2) is 11.6 Å². The predicted molar refractivity (Wildman–Crippen MR) is 125 cm³/mol. The highest BCUT2D eigenvalue weighted by Gasteiger charge is 2.63. The number of nitrogens with one attached hydrogen (secondary N) is 4. The van der Waals surface area contributed by atoms with Crippen LogP contribution in [-0.4, -0.2) is 65.4 Å². The second kappa shape index (κ2) is 9.11. The summed E-state index contributed by atoms with van der Waals surface area (Å²) in [7, 11) is 0. The molecule has 0 aliphatic carbocycles.